The number of methoxy groups -OCH3 is 1. The Balaban J connectivity index is 1.54. The van der Waals surface area contributed by atoms with Crippen LogP contribution in [0.3, 0.4) is 0 Å². The topological polar surface area (TPSA) is 92.1 Å². The molecule has 7 nitrogen and oxygen atoms in total. The van der Waals surface area contributed by atoms with E-state index in [4.69, 9.17) is 9.47 Å². The van der Waals surface area contributed by atoms with Crippen molar-refractivity contribution in [1.29, 1.82) is 0 Å². The Bertz CT molecular complexity index is 901. The molecule has 0 atom stereocenters. The normalized spacial score (nSPS) is 15.0. The van der Waals surface area contributed by atoms with Crippen LogP contribution in [0.1, 0.15) is 24.0 Å². The average Bonchev–Trinajstić information content (AvgIpc) is 2.74. The second-order valence-corrected chi connectivity index (χ2v) is 7.20. The predicted octanol–water partition coefficient (Wildman–Crippen LogP) is 1.40. The van der Waals surface area contributed by atoms with Gasteiger partial charge in [-0.05, 0) is 29.2 Å². The zero-order valence-electron chi connectivity index (χ0n) is 16.8. The number of ether oxygens (including phenoxy) is 2. The highest BCUT2D eigenvalue weighted by Gasteiger charge is 2.31. The molecule has 0 aliphatic carbocycles. The Hall–Kier alpha value is -2.79. The monoisotopic (exact) mass is 438 g/mol. The molecule has 2 heterocycles. The Kier molecular flexibility index (Phi) is 7.06. The van der Waals surface area contributed by atoms with Crippen molar-refractivity contribution in [3.8, 4) is 11.6 Å². The summed E-state index contributed by atoms with van der Waals surface area (Å²) in [6, 6.07) is 6.85. The van der Waals surface area contributed by atoms with Gasteiger partial charge >= 0.3 is 13.3 Å². The summed E-state index contributed by atoms with van der Waals surface area (Å²) in [4.78, 5) is 18.0. The molecule has 0 spiro atoms. The Morgan fingerprint density at radius 3 is 2.48 bits per heavy atom. The predicted molar refractivity (Wildman–Crippen MR) is 106 cm³/mol. The van der Waals surface area contributed by atoms with E-state index in [-0.39, 0.29) is 29.8 Å². The molecule has 166 valence electrons. The maximum atomic E-state index is 12.7. The minimum atomic E-state index is -4.45. The van der Waals surface area contributed by atoms with E-state index in [0.29, 0.717) is 37.2 Å². The number of benzene rings is 1. The SMILES string of the molecule is COc1ccc(CC(=O)N2CCC(Oc3ccc(C(F)(F)F)cn3)CC2)c(B(O)O)c1. The van der Waals surface area contributed by atoms with E-state index in [2.05, 4.69) is 4.98 Å². The number of amides is 1. The molecule has 0 unspecified atom stereocenters. The van der Waals surface area contributed by atoms with Gasteiger partial charge in [0, 0.05) is 38.2 Å². The third-order valence-electron chi connectivity index (χ3n) is 5.12. The Morgan fingerprint density at radius 2 is 1.94 bits per heavy atom. The number of hydrogen-bond acceptors (Lipinski definition) is 6. The maximum absolute atomic E-state index is 12.7. The van der Waals surface area contributed by atoms with Crippen LogP contribution in [-0.2, 0) is 17.4 Å². The number of carbonyl (C=O) groups excluding carboxylic acids is 1. The van der Waals surface area contributed by atoms with Gasteiger partial charge in [0.05, 0.1) is 19.1 Å². The molecule has 1 aromatic heterocycles. The van der Waals surface area contributed by atoms with Crippen LogP contribution in [0.2, 0.25) is 0 Å². The van der Waals surface area contributed by atoms with Gasteiger partial charge < -0.3 is 24.4 Å². The first kappa shape index (κ1) is 22.9. The third kappa shape index (κ3) is 5.89. The first-order chi connectivity index (χ1) is 14.7. The van der Waals surface area contributed by atoms with Gasteiger partial charge in [-0.3, -0.25) is 4.79 Å². The van der Waals surface area contributed by atoms with Gasteiger partial charge in [-0.15, -0.1) is 0 Å². The van der Waals surface area contributed by atoms with Crippen LogP contribution in [-0.4, -0.2) is 59.3 Å². The van der Waals surface area contributed by atoms with Crippen molar-refractivity contribution >= 4 is 18.5 Å². The standard InChI is InChI=1S/C20H22BF3N2O5/c1-30-16-4-2-13(17(11-16)21(28)29)10-19(27)26-8-6-15(7-9-26)31-18-5-3-14(12-25-18)20(22,23)24/h2-5,11-12,15,28-29H,6-10H2,1H3. The van der Waals surface area contributed by atoms with Gasteiger partial charge in [-0.25, -0.2) is 4.98 Å². The van der Waals surface area contributed by atoms with Gasteiger partial charge in [-0.2, -0.15) is 13.2 Å². The number of likely N-dealkylation sites (tertiary alicyclic amines) is 1. The molecule has 1 fully saturated rings. The van der Waals surface area contributed by atoms with E-state index >= 15 is 0 Å². The van der Waals surface area contributed by atoms with Crippen LogP contribution in [0, 0.1) is 0 Å². The lowest BCUT2D eigenvalue weighted by molar-refractivity contribution is -0.137. The number of aromatic nitrogens is 1. The average molecular weight is 438 g/mol. The fraction of sp³-hybridized carbons (Fsp3) is 0.400. The molecule has 1 amide bonds. The first-order valence-electron chi connectivity index (χ1n) is 9.68. The van der Waals surface area contributed by atoms with Crippen molar-refractivity contribution in [1.82, 2.24) is 9.88 Å². The summed E-state index contributed by atoms with van der Waals surface area (Å²) in [6.45, 7) is 0.828. The van der Waals surface area contributed by atoms with Crippen molar-refractivity contribution in [3.63, 3.8) is 0 Å². The molecule has 0 bridgehead atoms. The van der Waals surface area contributed by atoms with Crippen LogP contribution in [0.25, 0.3) is 0 Å². The lowest BCUT2D eigenvalue weighted by Gasteiger charge is -2.32. The number of pyridine rings is 1. The van der Waals surface area contributed by atoms with Gasteiger partial charge in [0.2, 0.25) is 11.8 Å². The van der Waals surface area contributed by atoms with E-state index in [0.717, 1.165) is 12.3 Å². The molecule has 2 N–H and O–H groups in total. The Morgan fingerprint density at radius 1 is 1.23 bits per heavy atom. The number of halogens is 3. The van der Waals surface area contributed by atoms with Crippen LogP contribution in [0.4, 0.5) is 13.2 Å². The zero-order valence-corrected chi connectivity index (χ0v) is 16.8. The van der Waals surface area contributed by atoms with Crippen LogP contribution in [0.5, 0.6) is 11.6 Å². The van der Waals surface area contributed by atoms with Gasteiger partial charge in [0.15, 0.2) is 0 Å². The van der Waals surface area contributed by atoms with Gasteiger partial charge in [-0.1, -0.05) is 6.07 Å². The fourth-order valence-electron chi connectivity index (χ4n) is 3.39. The van der Waals surface area contributed by atoms with E-state index in [1.807, 2.05) is 0 Å². The highest BCUT2D eigenvalue weighted by atomic mass is 19.4. The van der Waals surface area contributed by atoms with Crippen molar-refractivity contribution < 1.29 is 37.5 Å². The van der Waals surface area contributed by atoms with E-state index in [1.165, 1.54) is 19.2 Å². The molecule has 1 aliphatic rings. The van der Waals surface area contributed by atoms with E-state index in [1.54, 1.807) is 17.0 Å². The molecule has 2 aromatic rings. The van der Waals surface area contributed by atoms with Crippen LogP contribution in [0.15, 0.2) is 36.5 Å². The van der Waals surface area contributed by atoms with Gasteiger partial charge in [0.25, 0.3) is 0 Å². The van der Waals surface area contributed by atoms with E-state index in [9.17, 15) is 28.0 Å². The van der Waals surface area contributed by atoms with Crippen molar-refractivity contribution in [2.24, 2.45) is 0 Å². The minimum Gasteiger partial charge on any atom is -0.497 e. The summed E-state index contributed by atoms with van der Waals surface area (Å²) >= 11 is 0. The summed E-state index contributed by atoms with van der Waals surface area (Å²) in [6.07, 6.45) is -2.96. The molecular weight excluding hydrogens is 416 g/mol. The summed E-state index contributed by atoms with van der Waals surface area (Å²) in [5.41, 5.74) is -0.140. The molecule has 1 aromatic carbocycles. The van der Waals surface area contributed by atoms with Crippen LogP contribution < -0.4 is 14.9 Å². The highest BCUT2D eigenvalue weighted by Crippen LogP contribution is 2.29. The summed E-state index contributed by atoms with van der Waals surface area (Å²) in [5, 5.41) is 19.1. The number of rotatable bonds is 6. The highest BCUT2D eigenvalue weighted by molar-refractivity contribution is 6.59. The molecular formula is C20H22BF3N2O5. The van der Waals surface area contributed by atoms with Crippen molar-refractivity contribution in [2.75, 3.05) is 20.2 Å². The van der Waals surface area contributed by atoms with Crippen molar-refractivity contribution in [2.45, 2.75) is 31.5 Å². The number of carbonyl (C=O) groups is 1. The third-order valence-corrected chi connectivity index (χ3v) is 5.12. The van der Waals surface area contributed by atoms with Crippen LogP contribution >= 0.6 is 0 Å². The molecule has 0 radical (unpaired) electrons. The summed E-state index contributed by atoms with van der Waals surface area (Å²) < 4.78 is 48.5. The quantitative estimate of drug-likeness (QED) is 0.663. The number of nitrogens with zero attached hydrogens (tertiary/aromatic N) is 2. The smallest absolute Gasteiger partial charge is 0.488 e. The number of hydrogen-bond donors (Lipinski definition) is 2. The Labute approximate surface area is 177 Å². The molecule has 1 saturated heterocycles. The first-order valence-corrected chi connectivity index (χ1v) is 9.68. The second-order valence-electron chi connectivity index (χ2n) is 7.20. The minimum absolute atomic E-state index is 0.00291. The summed E-state index contributed by atoms with van der Waals surface area (Å²) in [7, 11) is -0.270. The number of alkyl halides is 3. The lowest BCUT2D eigenvalue weighted by Crippen LogP contribution is -2.43. The maximum Gasteiger partial charge on any atom is 0.488 e. The van der Waals surface area contributed by atoms with E-state index < -0.39 is 18.9 Å². The zero-order chi connectivity index (χ0) is 22.6. The molecule has 31 heavy (non-hydrogen) atoms. The van der Waals surface area contributed by atoms with Gasteiger partial charge in [0.1, 0.15) is 11.9 Å². The fourth-order valence-corrected chi connectivity index (χ4v) is 3.39. The molecule has 1 aliphatic heterocycles. The molecule has 3 rings (SSSR count). The molecule has 11 heteroatoms. The summed E-state index contributed by atoms with van der Waals surface area (Å²) in [5.74, 6) is 0.393. The lowest BCUT2D eigenvalue weighted by atomic mass is 9.76. The second kappa shape index (κ2) is 9.57. The molecule has 0 saturated carbocycles. The number of piperidine rings is 1. The largest absolute Gasteiger partial charge is 0.497 e. The van der Waals surface area contributed by atoms with Crippen molar-refractivity contribution in [3.05, 3.63) is 47.7 Å².